The van der Waals surface area contributed by atoms with Crippen LogP contribution in [0.3, 0.4) is 0 Å². The van der Waals surface area contributed by atoms with Crippen LogP contribution in [0.2, 0.25) is 0 Å². The van der Waals surface area contributed by atoms with Gasteiger partial charge in [0.1, 0.15) is 5.54 Å². The fourth-order valence-corrected chi connectivity index (χ4v) is 3.18. The molecule has 0 aromatic rings. The third kappa shape index (κ3) is 2.69. The van der Waals surface area contributed by atoms with Gasteiger partial charge in [-0.05, 0) is 31.6 Å². The number of carbonyl (C=O) groups is 2. The van der Waals surface area contributed by atoms with Crippen molar-refractivity contribution < 1.29 is 14.7 Å². The van der Waals surface area contributed by atoms with E-state index in [0.717, 1.165) is 18.8 Å². The van der Waals surface area contributed by atoms with Gasteiger partial charge in [-0.2, -0.15) is 0 Å². The Balaban J connectivity index is 1.87. The summed E-state index contributed by atoms with van der Waals surface area (Å²) in [6.07, 6.45) is 6.68. The average molecular weight is 268 g/mol. The molecule has 19 heavy (non-hydrogen) atoms. The van der Waals surface area contributed by atoms with E-state index in [0.29, 0.717) is 25.9 Å². The van der Waals surface area contributed by atoms with Crippen LogP contribution in [0.5, 0.6) is 0 Å². The van der Waals surface area contributed by atoms with Gasteiger partial charge in [-0.25, -0.2) is 9.59 Å². The lowest BCUT2D eigenvalue weighted by Gasteiger charge is -2.34. The van der Waals surface area contributed by atoms with Gasteiger partial charge in [-0.1, -0.05) is 26.2 Å². The van der Waals surface area contributed by atoms with Gasteiger partial charge < -0.3 is 15.3 Å². The molecule has 5 heteroatoms. The molecule has 1 saturated carbocycles. The summed E-state index contributed by atoms with van der Waals surface area (Å²) in [6, 6.07) is -0.207. The number of urea groups is 1. The van der Waals surface area contributed by atoms with Crippen LogP contribution in [0.4, 0.5) is 4.79 Å². The predicted molar refractivity (Wildman–Crippen MR) is 72.0 cm³/mol. The van der Waals surface area contributed by atoms with Crippen LogP contribution in [-0.4, -0.2) is 40.6 Å². The Morgan fingerprint density at radius 1 is 1.37 bits per heavy atom. The molecule has 0 aromatic heterocycles. The number of amides is 2. The lowest BCUT2D eigenvalue weighted by Crippen LogP contribution is -2.55. The van der Waals surface area contributed by atoms with E-state index < -0.39 is 11.5 Å². The highest BCUT2D eigenvalue weighted by Crippen LogP contribution is 2.33. The molecule has 1 saturated heterocycles. The van der Waals surface area contributed by atoms with E-state index in [2.05, 4.69) is 5.32 Å². The highest BCUT2D eigenvalue weighted by molar-refractivity contribution is 5.87. The summed E-state index contributed by atoms with van der Waals surface area (Å²) in [6.45, 7) is 3.06. The lowest BCUT2D eigenvalue weighted by atomic mass is 9.83. The molecule has 2 amide bonds. The topological polar surface area (TPSA) is 69.6 Å². The van der Waals surface area contributed by atoms with Crippen molar-refractivity contribution in [3.05, 3.63) is 0 Å². The van der Waals surface area contributed by atoms with Crippen molar-refractivity contribution in [3.8, 4) is 0 Å². The van der Waals surface area contributed by atoms with E-state index >= 15 is 0 Å². The zero-order valence-corrected chi connectivity index (χ0v) is 11.7. The highest BCUT2D eigenvalue weighted by Gasteiger charge is 2.48. The Morgan fingerprint density at radius 3 is 2.63 bits per heavy atom. The molecule has 1 aliphatic carbocycles. The number of rotatable bonds is 5. The van der Waals surface area contributed by atoms with Gasteiger partial charge in [0.25, 0.3) is 0 Å². The maximum Gasteiger partial charge on any atom is 0.329 e. The maximum absolute atomic E-state index is 12.2. The molecule has 2 fully saturated rings. The number of hydrogen-bond acceptors (Lipinski definition) is 2. The monoisotopic (exact) mass is 268 g/mol. The molecule has 2 N–H and O–H groups in total. The summed E-state index contributed by atoms with van der Waals surface area (Å²) < 4.78 is 0. The molecule has 0 aromatic carbocycles. The van der Waals surface area contributed by atoms with Gasteiger partial charge in [0.15, 0.2) is 0 Å². The summed E-state index contributed by atoms with van der Waals surface area (Å²) in [7, 11) is 0. The third-order valence-electron chi connectivity index (χ3n) is 4.77. The van der Waals surface area contributed by atoms with Crippen molar-refractivity contribution in [1.82, 2.24) is 10.2 Å². The van der Waals surface area contributed by atoms with E-state index in [1.165, 1.54) is 24.2 Å². The normalized spacial score (nSPS) is 27.1. The SMILES string of the molecule is CCC1(C(=O)O)CCCN1C(=O)NCCC1CCC1. The number of likely N-dealkylation sites (tertiary alicyclic amines) is 1. The van der Waals surface area contributed by atoms with Crippen LogP contribution < -0.4 is 5.32 Å². The fourth-order valence-electron chi connectivity index (χ4n) is 3.18. The van der Waals surface area contributed by atoms with Gasteiger partial charge >= 0.3 is 12.0 Å². The van der Waals surface area contributed by atoms with E-state index in [9.17, 15) is 14.7 Å². The van der Waals surface area contributed by atoms with Crippen LogP contribution >= 0.6 is 0 Å². The minimum Gasteiger partial charge on any atom is -0.479 e. The molecule has 0 bridgehead atoms. The summed E-state index contributed by atoms with van der Waals surface area (Å²) in [5.41, 5.74) is -0.986. The Bertz CT molecular complexity index is 355. The van der Waals surface area contributed by atoms with E-state index in [4.69, 9.17) is 0 Å². The molecular weight excluding hydrogens is 244 g/mol. The largest absolute Gasteiger partial charge is 0.479 e. The first-order valence-corrected chi connectivity index (χ1v) is 7.39. The van der Waals surface area contributed by atoms with Crippen molar-refractivity contribution in [2.24, 2.45) is 5.92 Å². The Kier molecular flexibility index (Phi) is 4.32. The quantitative estimate of drug-likeness (QED) is 0.803. The van der Waals surface area contributed by atoms with Crippen molar-refractivity contribution in [3.63, 3.8) is 0 Å². The minimum absolute atomic E-state index is 0.207. The number of nitrogens with zero attached hydrogens (tertiary/aromatic N) is 1. The molecule has 5 nitrogen and oxygen atoms in total. The molecule has 1 aliphatic heterocycles. The molecular formula is C14H24N2O3. The molecule has 1 atom stereocenters. The Morgan fingerprint density at radius 2 is 2.11 bits per heavy atom. The van der Waals surface area contributed by atoms with Crippen LogP contribution in [0.25, 0.3) is 0 Å². The van der Waals surface area contributed by atoms with Crippen molar-refractivity contribution in [2.45, 2.75) is 57.4 Å². The summed E-state index contributed by atoms with van der Waals surface area (Å²) >= 11 is 0. The molecule has 2 rings (SSSR count). The van der Waals surface area contributed by atoms with Gasteiger partial charge in [-0.3, -0.25) is 0 Å². The summed E-state index contributed by atoms with van der Waals surface area (Å²) in [5.74, 6) is -0.115. The predicted octanol–water partition coefficient (Wildman–Crippen LogP) is 2.22. The number of carboxylic acid groups (broad SMARTS) is 1. The molecule has 2 aliphatic rings. The van der Waals surface area contributed by atoms with Crippen LogP contribution in [0.15, 0.2) is 0 Å². The third-order valence-corrected chi connectivity index (χ3v) is 4.77. The number of nitrogens with one attached hydrogen (secondary N) is 1. The van der Waals surface area contributed by atoms with Crippen molar-refractivity contribution in [1.29, 1.82) is 0 Å². The number of aliphatic carboxylic acids is 1. The van der Waals surface area contributed by atoms with Gasteiger partial charge in [0.2, 0.25) is 0 Å². The first-order chi connectivity index (χ1) is 9.10. The Hall–Kier alpha value is -1.26. The number of carbonyl (C=O) groups excluding carboxylic acids is 1. The lowest BCUT2D eigenvalue weighted by molar-refractivity contribution is -0.148. The van der Waals surface area contributed by atoms with Crippen LogP contribution in [-0.2, 0) is 4.79 Å². The molecule has 1 unspecified atom stereocenters. The second-order valence-electron chi connectivity index (χ2n) is 5.76. The molecule has 108 valence electrons. The average Bonchev–Trinajstić information content (AvgIpc) is 2.77. The molecule has 1 heterocycles. The van der Waals surface area contributed by atoms with Crippen molar-refractivity contribution in [2.75, 3.05) is 13.1 Å². The molecule has 0 spiro atoms. The smallest absolute Gasteiger partial charge is 0.329 e. The minimum atomic E-state index is -0.986. The van der Waals surface area contributed by atoms with Crippen LogP contribution in [0, 0.1) is 5.92 Å². The highest BCUT2D eigenvalue weighted by atomic mass is 16.4. The number of carboxylic acids is 1. The van der Waals surface area contributed by atoms with E-state index in [1.54, 1.807) is 0 Å². The maximum atomic E-state index is 12.2. The second kappa shape index (κ2) is 5.80. The van der Waals surface area contributed by atoms with Gasteiger partial charge in [-0.15, -0.1) is 0 Å². The van der Waals surface area contributed by atoms with Gasteiger partial charge in [0, 0.05) is 13.1 Å². The van der Waals surface area contributed by atoms with Crippen molar-refractivity contribution >= 4 is 12.0 Å². The zero-order valence-electron chi connectivity index (χ0n) is 11.7. The summed E-state index contributed by atoms with van der Waals surface area (Å²) in [4.78, 5) is 25.2. The first-order valence-electron chi connectivity index (χ1n) is 7.39. The molecule has 0 radical (unpaired) electrons. The van der Waals surface area contributed by atoms with Crippen LogP contribution in [0.1, 0.15) is 51.9 Å². The number of hydrogen-bond donors (Lipinski definition) is 2. The van der Waals surface area contributed by atoms with Gasteiger partial charge in [0.05, 0.1) is 0 Å². The zero-order chi connectivity index (χ0) is 13.9. The Labute approximate surface area is 114 Å². The summed E-state index contributed by atoms with van der Waals surface area (Å²) in [5, 5.41) is 12.3. The first kappa shape index (κ1) is 14.2. The fraction of sp³-hybridized carbons (Fsp3) is 0.857. The second-order valence-corrected chi connectivity index (χ2v) is 5.76. The van der Waals surface area contributed by atoms with E-state index in [-0.39, 0.29) is 6.03 Å². The standard InChI is InChI=1S/C14H24N2O3/c1-2-14(12(17)18)8-4-10-16(14)13(19)15-9-7-11-5-3-6-11/h11H,2-10H2,1H3,(H,15,19)(H,17,18). The van der Waals surface area contributed by atoms with E-state index in [1.807, 2.05) is 6.92 Å².